The van der Waals surface area contributed by atoms with Gasteiger partial charge in [0.2, 0.25) is 0 Å². The van der Waals surface area contributed by atoms with Crippen molar-refractivity contribution < 1.29 is 0 Å². The number of hydrogen-bond acceptors (Lipinski definition) is 2. The molecule has 0 amide bonds. The van der Waals surface area contributed by atoms with E-state index >= 15 is 0 Å². The number of para-hydroxylation sites is 4. The van der Waals surface area contributed by atoms with Crippen molar-refractivity contribution >= 4 is 49.8 Å². The normalized spacial score (nSPS) is 11.4. The van der Waals surface area contributed by atoms with Crippen LogP contribution in [0.4, 0.5) is 0 Å². The Labute approximate surface area is 277 Å². The molecule has 0 bridgehead atoms. The van der Waals surface area contributed by atoms with E-state index in [-0.39, 0.29) is 0 Å². The van der Waals surface area contributed by atoms with Crippen LogP contribution in [-0.2, 0) is 0 Å². The monoisotopic (exact) mass is 612 g/mol. The first-order valence-electron chi connectivity index (χ1n) is 16.0. The van der Waals surface area contributed by atoms with E-state index in [2.05, 4.69) is 149 Å². The molecular weight excluding hydrogens is 585 g/mol. The Kier molecular flexibility index (Phi) is 6.31. The van der Waals surface area contributed by atoms with Crippen molar-refractivity contribution in [3.05, 3.63) is 169 Å². The van der Waals surface area contributed by atoms with E-state index in [0.29, 0.717) is 5.56 Å². The molecule has 0 atom stereocenters. The fourth-order valence-electron chi connectivity index (χ4n) is 7.45. The third-order valence-electron chi connectivity index (χ3n) is 9.50. The summed E-state index contributed by atoms with van der Waals surface area (Å²) in [5.74, 6) is 0. The fraction of sp³-hybridized carbons (Fsp3) is 0. The summed E-state index contributed by atoms with van der Waals surface area (Å²) in [6.07, 6.45) is 1.45. The molecule has 0 saturated heterocycles. The van der Waals surface area contributed by atoms with Gasteiger partial charge in [0.1, 0.15) is 0 Å². The molecule has 0 saturated carbocycles. The summed E-state index contributed by atoms with van der Waals surface area (Å²) in [6, 6.07) is 56.9. The first kappa shape index (κ1) is 27.6. The van der Waals surface area contributed by atoms with Gasteiger partial charge in [-0.3, -0.25) is 0 Å². The zero-order chi connectivity index (χ0) is 32.2. The lowest BCUT2D eigenvalue weighted by atomic mass is 9.89. The topological polar surface area (TPSA) is 57.5 Å². The van der Waals surface area contributed by atoms with Gasteiger partial charge in [-0.05, 0) is 59.7 Å². The van der Waals surface area contributed by atoms with Crippen LogP contribution < -0.4 is 0 Å². The summed E-state index contributed by atoms with van der Waals surface area (Å²) < 4.78 is 4.58. The molecule has 0 aliphatic heterocycles. The third-order valence-corrected chi connectivity index (χ3v) is 9.50. The lowest BCUT2D eigenvalue weighted by Crippen LogP contribution is -2.02. The van der Waals surface area contributed by atoms with Gasteiger partial charge in [-0.1, -0.05) is 109 Å². The predicted octanol–water partition coefficient (Wildman–Crippen LogP) is 11.1. The highest BCUT2D eigenvalue weighted by Gasteiger charge is 2.21. The Morgan fingerprint density at radius 2 is 0.958 bits per heavy atom. The zero-order valence-corrected chi connectivity index (χ0v) is 25.9. The maximum atomic E-state index is 10.3. The Balaban J connectivity index is 1.34. The molecule has 7 aromatic carbocycles. The lowest BCUT2D eigenvalue weighted by Gasteiger charge is -2.20. The molecular formula is C44H28N4. The highest BCUT2D eigenvalue weighted by molar-refractivity contribution is 6.11. The molecule has 0 spiro atoms. The Morgan fingerprint density at radius 1 is 0.479 bits per heavy atom. The second-order valence-corrected chi connectivity index (χ2v) is 12.0. The van der Waals surface area contributed by atoms with Crippen LogP contribution in [0.3, 0.4) is 0 Å². The summed E-state index contributed by atoms with van der Waals surface area (Å²) in [6.45, 7) is 0. The van der Waals surface area contributed by atoms with Crippen molar-refractivity contribution in [2.75, 3.05) is 0 Å². The molecule has 1 N–H and O–H groups in total. The standard InChI is InChI=1S/C44H28N4/c45-27-30-12-1-2-13-33(30)44-32(18-11-23-43(44)48-41-21-9-5-16-36(41)37-17-6-10-22-42(37)48)29-24-25-38(31(26-29)28-46)47-39-19-7-3-14-34(39)35-15-4-8-20-40(35)47/h1-26,28,46H. The van der Waals surface area contributed by atoms with Gasteiger partial charge in [-0.2, -0.15) is 5.26 Å². The summed E-state index contributed by atoms with van der Waals surface area (Å²) in [4.78, 5) is 0. The van der Waals surface area contributed by atoms with Crippen LogP contribution >= 0.6 is 0 Å². The van der Waals surface area contributed by atoms with E-state index in [4.69, 9.17) is 5.41 Å². The maximum Gasteiger partial charge on any atom is 0.0998 e. The van der Waals surface area contributed by atoms with E-state index in [1.807, 2.05) is 24.3 Å². The quantitative estimate of drug-likeness (QED) is 0.193. The highest BCUT2D eigenvalue weighted by Crippen LogP contribution is 2.43. The van der Waals surface area contributed by atoms with Gasteiger partial charge in [0.05, 0.1) is 45.1 Å². The second-order valence-electron chi connectivity index (χ2n) is 12.0. The molecule has 0 aliphatic carbocycles. The number of nitrogens with one attached hydrogen (secondary N) is 1. The minimum Gasteiger partial charge on any atom is -0.309 e. The van der Waals surface area contributed by atoms with Gasteiger partial charge in [-0.25, -0.2) is 0 Å². The molecule has 2 heterocycles. The first-order valence-corrected chi connectivity index (χ1v) is 16.0. The third kappa shape index (κ3) is 4.05. The van der Waals surface area contributed by atoms with Gasteiger partial charge >= 0.3 is 0 Å². The molecule has 4 heteroatoms. The Hall–Kier alpha value is -6.70. The fourth-order valence-corrected chi connectivity index (χ4v) is 7.45. The molecule has 9 rings (SSSR count). The zero-order valence-electron chi connectivity index (χ0n) is 25.9. The largest absolute Gasteiger partial charge is 0.309 e. The number of benzene rings is 7. The van der Waals surface area contributed by atoms with Crippen molar-refractivity contribution in [3.63, 3.8) is 0 Å². The number of rotatable bonds is 5. The van der Waals surface area contributed by atoms with Gasteiger partial charge in [0.15, 0.2) is 0 Å². The molecule has 0 unspecified atom stereocenters. The van der Waals surface area contributed by atoms with Crippen LogP contribution in [0.2, 0.25) is 0 Å². The lowest BCUT2D eigenvalue weighted by molar-refractivity contribution is 1.17. The van der Waals surface area contributed by atoms with Gasteiger partial charge in [0, 0.05) is 44.4 Å². The van der Waals surface area contributed by atoms with Crippen molar-refractivity contribution in [2.24, 2.45) is 0 Å². The van der Waals surface area contributed by atoms with Crippen molar-refractivity contribution in [1.82, 2.24) is 9.13 Å². The number of aromatic nitrogens is 2. The van der Waals surface area contributed by atoms with Crippen molar-refractivity contribution in [2.45, 2.75) is 0 Å². The average Bonchev–Trinajstić information content (AvgIpc) is 3.67. The number of fused-ring (bicyclic) bond motifs is 6. The second kappa shape index (κ2) is 11.0. The summed E-state index contributed by atoms with van der Waals surface area (Å²) in [5.41, 5.74) is 11.6. The smallest absolute Gasteiger partial charge is 0.0998 e. The molecule has 224 valence electrons. The molecule has 9 aromatic rings. The van der Waals surface area contributed by atoms with Crippen LogP contribution in [-0.4, -0.2) is 15.3 Å². The predicted molar refractivity (Wildman–Crippen MR) is 199 cm³/mol. The summed E-state index contributed by atoms with van der Waals surface area (Å²) in [5, 5.41) is 23.6. The van der Waals surface area contributed by atoms with Crippen LogP contribution in [0, 0.1) is 16.7 Å². The van der Waals surface area contributed by atoms with Gasteiger partial charge < -0.3 is 14.5 Å². The van der Waals surface area contributed by atoms with Crippen LogP contribution in [0.1, 0.15) is 11.1 Å². The van der Waals surface area contributed by atoms with Crippen LogP contribution in [0.25, 0.3) is 77.2 Å². The van der Waals surface area contributed by atoms with Gasteiger partial charge in [-0.15, -0.1) is 0 Å². The Bertz CT molecular complexity index is 2660. The SMILES string of the molecule is N#Cc1ccccc1-c1c(-c2ccc(-n3c4ccccc4c4ccccc43)c(C=N)c2)cccc1-n1c2ccccc2c2ccccc21. The van der Waals surface area contributed by atoms with E-state index in [1.165, 1.54) is 27.8 Å². The Morgan fingerprint density at radius 3 is 1.50 bits per heavy atom. The molecule has 48 heavy (non-hydrogen) atoms. The first-order chi connectivity index (χ1) is 23.8. The van der Waals surface area contributed by atoms with Gasteiger partial charge in [0.25, 0.3) is 0 Å². The number of hydrogen-bond donors (Lipinski definition) is 1. The van der Waals surface area contributed by atoms with Crippen LogP contribution in [0.15, 0.2) is 158 Å². The highest BCUT2D eigenvalue weighted by atomic mass is 15.0. The van der Waals surface area contributed by atoms with E-state index in [1.54, 1.807) is 0 Å². The number of nitriles is 1. The molecule has 0 radical (unpaired) electrons. The molecule has 0 aliphatic rings. The van der Waals surface area contributed by atoms with E-state index in [9.17, 15) is 5.26 Å². The summed E-state index contributed by atoms with van der Waals surface area (Å²) in [7, 11) is 0. The van der Waals surface area contributed by atoms with Crippen molar-refractivity contribution in [1.29, 1.82) is 10.7 Å². The minimum atomic E-state index is 0.612. The van der Waals surface area contributed by atoms with E-state index < -0.39 is 0 Å². The van der Waals surface area contributed by atoms with Crippen molar-refractivity contribution in [3.8, 4) is 39.7 Å². The number of nitrogens with zero attached hydrogens (tertiary/aromatic N) is 3. The molecule has 4 nitrogen and oxygen atoms in total. The summed E-state index contributed by atoms with van der Waals surface area (Å²) >= 11 is 0. The van der Waals surface area contributed by atoms with E-state index in [0.717, 1.165) is 61.3 Å². The minimum absolute atomic E-state index is 0.612. The maximum absolute atomic E-state index is 10.3. The average molecular weight is 613 g/mol. The van der Waals surface area contributed by atoms with Crippen LogP contribution in [0.5, 0.6) is 0 Å². The molecule has 0 fully saturated rings. The molecule has 2 aromatic heterocycles.